The van der Waals surface area contributed by atoms with Crippen LogP contribution in [0.5, 0.6) is 0 Å². The molecule has 1 aromatic heterocycles. The highest BCUT2D eigenvalue weighted by atomic mass is 79.9. The normalized spacial score (nSPS) is 13.7. The number of carbonyl (C=O) groups excluding carboxylic acids is 1. The second-order valence-corrected chi connectivity index (χ2v) is 5.81. The maximum atomic E-state index is 11.6. The average molecular weight is 356 g/mol. The topological polar surface area (TPSA) is 46.3 Å². The predicted octanol–water partition coefficient (Wildman–Crippen LogP) is 3.49. The largest absolute Gasteiger partial charge is 0.439 e. The molecule has 3 rings (SSSR count). The lowest BCUT2D eigenvalue weighted by molar-refractivity contribution is -0.129. The van der Waals surface area contributed by atoms with Gasteiger partial charge in [-0.05, 0) is 24.6 Å². The summed E-state index contributed by atoms with van der Waals surface area (Å²) in [7, 11) is 0. The van der Waals surface area contributed by atoms with E-state index in [0.29, 0.717) is 19.0 Å². The van der Waals surface area contributed by atoms with Gasteiger partial charge in [0, 0.05) is 10.0 Å². The number of aromatic nitrogens is 1. The van der Waals surface area contributed by atoms with Gasteiger partial charge in [0.1, 0.15) is 17.3 Å². The van der Waals surface area contributed by atoms with E-state index in [1.165, 1.54) is 0 Å². The van der Waals surface area contributed by atoms with Crippen LogP contribution in [-0.2, 0) is 17.9 Å². The third-order valence-electron chi connectivity index (χ3n) is 3.42. The quantitative estimate of drug-likeness (QED) is 0.775. The number of carbonyl (C=O) groups is 1. The Bertz CT molecular complexity index is 660. The summed E-state index contributed by atoms with van der Waals surface area (Å²) in [4.78, 5) is 17.7. The van der Waals surface area contributed by atoms with E-state index < -0.39 is 0 Å². The first kappa shape index (κ1) is 13.6. The minimum atomic E-state index is -0.0972. The Morgan fingerprint density at radius 2 is 2.30 bits per heavy atom. The van der Waals surface area contributed by atoms with Crippen molar-refractivity contribution in [2.45, 2.75) is 20.0 Å². The van der Waals surface area contributed by atoms with Gasteiger partial charge in [0.05, 0.1) is 13.1 Å². The summed E-state index contributed by atoms with van der Waals surface area (Å²) in [5.41, 5.74) is 2.86. The summed E-state index contributed by atoms with van der Waals surface area (Å²) in [6, 6.07) is 5.91. The lowest BCUT2D eigenvalue weighted by Crippen LogP contribution is -2.26. The fourth-order valence-corrected chi connectivity index (χ4v) is 2.79. The van der Waals surface area contributed by atoms with Crippen LogP contribution in [0.2, 0.25) is 0 Å². The highest BCUT2D eigenvalue weighted by Gasteiger charge is 2.28. The summed E-state index contributed by atoms with van der Waals surface area (Å²) in [5.74, 6) is 1.24. The maximum Gasteiger partial charge on any atom is 0.238 e. The molecule has 0 atom stereocenters. The molecule has 2 heterocycles. The molecule has 4 nitrogen and oxygen atoms in total. The van der Waals surface area contributed by atoms with Gasteiger partial charge >= 0.3 is 0 Å². The summed E-state index contributed by atoms with van der Waals surface area (Å²) < 4.78 is 6.82. The van der Waals surface area contributed by atoms with Crippen molar-refractivity contribution in [3.8, 4) is 11.5 Å². The zero-order valence-corrected chi connectivity index (χ0v) is 13.2. The fraction of sp³-hybridized carbons (Fsp3) is 0.286. The molecule has 0 aliphatic carbocycles. The van der Waals surface area contributed by atoms with E-state index in [9.17, 15) is 4.79 Å². The lowest BCUT2D eigenvalue weighted by atomic mass is 10.1. The van der Waals surface area contributed by atoms with Crippen molar-refractivity contribution in [1.82, 2.24) is 9.88 Å². The number of alkyl halides is 1. The fourth-order valence-electron chi connectivity index (χ4n) is 2.26. The number of oxazole rings is 1. The van der Waals surface area contributed by atoms with Crippen molar-refractivity contribution in [3.05, 3.63) is 39.7 Å². The van der Waals surface area contributed by atoms with Crippen LogP contribution in [0, 0.1) is 6.92 Å². The Labute approximate surface area is 129 Å². The molecule has 0 unspecified atom stereocenters. The van der Waals surface area contributed by atoms with Crippen molar-refractivity contribution in [2.75, 3.05) is 5.88 Å². The van der Waals surface area contributed by atoms with Crippen LogP contribution in [-0.4, -0.2) is 21.7 Å². The number of fused-ring (bicyclic) bond motifs is 1. The van der Waals surface area contributed by atoms with Crippen molar-refractivity contribution < 1.29 is 9.21 Å². The Morgan fingerprint density at radius 1 is 1.50 bits per heavy atom. The molecule has 0 bridgehead atoms. The number of amides is 1. The first-order chi connectivity index (χ1) is 9.60. The van der Waals surface area contributed by atoms with Crippen molar-refractivity contribution in [3.63, 3.8) is 0 Å². The summed E-state index contributed by atoms with van der Waals surface area (Å²) in [6.45, 7) is 2.93. The van der Waals surface area contributed by atoms with Gasteiger partial charge < -0.3 is 9.32 Å². The summed E-state index contributed by atoms with van der Waals surface area (Å²) in [6.07, 6.45) is 0. The maximum absolute atomic E-state index is 11.6. The van der Waals surface area contributed by atoms with Gasteiger partial charge in [-0.15, -0.1) is 11.6 Å². The standard InChI is InChI=1S/C14H12BrClN2O2/c1-8-9(3-2-4-10(8)15)14-17-11-6-18(13(19)5-16)7-12(11)20-14/h2-4H,5-7H2,1H3. The molecule has 20 heavy (non-hydrogen) atoms. The molecule has 104 valence electrons. The average Bonchev–Trinajstić information content (AvgIpc) is 2.99. The Balaban J connectivity index is 1.91. The molecule has 6 heteroatoms. The van der Waals surface area contributed by atoms with Crippen LogP contribution in [0.25, 0.3) is 11.5 Å². The van der Waals surface area contributed by atoms with Crippen LogP contribution >= 0.6 is 27.5 Å². The molecule has 1 aromatic carbocycles. The lowest BCUT2D eigenvalue weighted by Gasteiger charge is -2.12. The monoisotopic (exact) mass is 354 g/mol. The summed E-state index contributed by atoms with van der Waals surface area (Å²) in [5, 5.41) is 0. The minimum Gasteiger partial charge on any atom is -0.439 e. The highest BCUT2D eigenvalue weighted by Crippen LogP contribution is 2.32. The summed E-state index contributed by atoms with van der Waals surface area (Å²) >= 11 is 9.06. The number of halogens is 2. The molecule has 0 saturated carbocycles. The second-order valence-electron chi connectivity index (χ2n) is 4.68. The van der Waals surface area contributed by atoms with E-state index in [0.717, 1.165) is 27.1 Å². The molecule has 1 amide bonds. The van der Waals surface area contributed by atoms with E-state index >= 15 is 0 Å². The number of hydrogen-bond donors (Lipinski definition) is 0. The van der Waals surface area contributed by atoms with Crippen LogP contribution < -0.4 is 0 Å². The van der Waals surface area contributed by atoms with Crippen LogP contribution in [0.1, 0.15) is 17.0 Å². The van der Waals surface area contributed by atoms with E-state index in [2.05, 4.69) is 20.9 Å². The third kappa shape index (κ3) is 2.25. The van der Waals surface area contributed by atoms with Crippen LogP contribution in [0.4, 0.5) is 0 Å². The van der Waals surface area contributed by atoms with Crippen molar-refractivity contribution in [1.29, 1.82) is 0 Å². The number of hydrogen-bond acceptors (Lipinski definition) is 3. The molecule has 0 N–H and O–H groups in total. The Kier molecular flexibility index (Phi) is 3.56. The SMILES string of the molecule is Cc1c(Br)cccc1-c1nc2c(o1)CN(C(=O)CCl)C2. The third-order valence-corrected chi connectivity index (χ3v) is 4.51. The Morgan fingerprint density at radius 3 is 3.00 bits per heavy atom. The van der Waals surface area contributed by atoms with Gasteiger partial charge in [0.2, 0.25) is 11.8 Å². The van der Waals surface area contributed by atoms with E-state index in [1.54, 1.807) is 4.90 Å². The molecule has 1 aliphatic rings. The number of benzene rings is 1. The van der Waals surface area contributed by atoms with Gasteiger partial charge in [-0.25, -0.2) is 4.98 Å². The van der Waals surface area contributed by atoms with E-state index in [4.69, 9.17) is 16.0 Å². The minimum absolute atomic E-state index is 0.0120. The first-order valence-electron chi connectivity index (χ1n) is 6.18. The van der Waals surface area contributed by atoms with Gasteiger partial charge in [0.15, 0.2) is 0 Å². The van der Waals surface area contributed by atoms with E-state index in [1.807, 2.05) is 25.1 Å². The molecule has 1 aliphatic heterocycles. The number of nitrogens with zero attached hydrogens (tertiary/aromatic N) is 2. The zero-order chi connectivity index (χ0) is 14.3. The first-order valence-corrected chi connectivity index (χ1v) is 7.50. The van der Waals surface area contributed by atoms with Crippen LogP contribution in [0.3, 0.4) is 0 Å². The molecule has 0 fully saturated rings. The Hall–Kier alpha value is -1.33. The van der Waals surface area contributed by atoms with Crippen LogP contribution in [0.15, 0.2) is 27.1 Å². The number of rotatable bonds is 2. The predicted molar refractivity (Wildman–Crippen MR) is 79.4 cm³/mol. The van der Waals surface area contributed by atoms with Gasteiger partial charge in [-0.3, -0.25) is 4.79 Å². The molecule has 0 saturated heterocycles. The van der Waals surface area contributed by atoms with Gasteiger partial charge in [-0.1, -0.05) is 22.0 Å². The van der Waals surface area contributed by atoms with Crippen molar-refractivity contribution >= 4 is 33.4 Å². The smallest absolute Gasteiger partial charge is 0.238 e. The van der Waals surface area contributed by atoms with Gasteiger partial charge in [0.25, 0.3) is 0 Å². The molecular formula is C14H12BrClN2O2. The molecular weight excluding hydrogens is 344 g/mol. The molecule has 2 aromatic rings. The van der Waals surface area contributed by atoms with Crippen molar-refractivity contribution in [2.24, 2.45) is 0 Å². The van der Waals surface area contributed by atoms with Gasteiger partial charge in [-0.2, -0.15) is 0 Å². The highest BCUT2D eigenvalue weighted by molar-refractivity contribution is 9.10. The second kappa shape index (κ2) is 5.22. The molecule has 0 radical (unpaired) electrons. The zero-order valence-electron chi connectivity index (χ0n) is 10.8. The van der Waals surface area contributed by atoms with E-state index in [-0.39, 0.29) is 11.8 Å². The molecule has 0 spiro atoms.